The Hall–Kier alpha value is -3.15. The van der Waals surface area contributed by atoms with Crippen LogP contribution in [-0.2, 0) is 16.1 Å². The second-order valence-corrected chi connectivity index (χ2v) is 8.40. The topological polar surface area (TPSA) is 81.0 Å². The number of pyridine rings is 1. The standard InChI is InChI=1S/C26H30N2O4/c29-25(30)18-31-24-13-5-11-22-19(9-4-12-23(22)24)14-16-32-28-26(20-7-2-1-3-8-20)21-10-6-15-27-17-21/h5-6,10-11,13-15,17,20H,1-4,7-9,12,16,18H2,(H,29,30). The van der Waals surface area contributed by atoms with E-state index in [2.05, 4.69) is 28.3 Å². The number of hydrogen-bond donors (Lipinski definition) is 1. The number of nitrogens with zero attached hydrogens (tertiary/aromatic N) is 2. The molecule has 0 radical (unpaired) electrons. The number of rotatable bonds is 8. The van der Waals surface area contributed by atoms with Gasteiger partial charge in [-0.05, 0) is 67.5 Å². The first-order chi connectivity index (χ1) is 15.7. The van der Waals surface area contributed by atoms with Gasteiger partial charge in [0.15, 0.2) is 6.61 Å². The highest BCUT2D eigenvalue weighted by Crippen LogP contribution is 2.36. The summed E-state index contributed by atoms with van der Waals surface area (Å²) >= 11 is 0. The average Bonchev–Trinajstić information content (AvgIpc) is 2.84. The van der Waals surface area contributed by atoms with E-state index in [4.69, 9.17) is 14.7 Å². The van der Waals surface area contributed by atoms with E-state index in [1.807, 2.05) is 24.4 Å². The van der Waals surface area contributed by atoms with Crippen molar-refractivity contribution < 1.29 is 19.5 Å². The fourth-order valence-electron chi connectivity index (χ4n) is 4.70. The second kappa shape index (κ2) is 10.9. The van der Waals surface area contributed by atoms with Crippen molar-refractivity contribution in [3.8, 4) is 5.75 Å². The third kappa shape index (κ3) is 5.55. The molecular formula is C26H30N2O4. The molecule has 0 unspecified atom stereocenters. The van der Waals surface area contributed by atoms with Gasteiger partial charge in [0.2, 0.25) is 0 Å². The Labute approximate surface area is 189 Å². The summed E-state index contributed by atoms with van der Waals surface area (Å²) in [5.41, 5.74) is 5.43. The quantitative estimate of drug-likeness (QED) is 0.348. The van der Waals surface area contributed by atoms with Crippen molar-refractivity contribution in [1.29, 1.82) is 0 Å². The van der Waals surface area contributed by atoms with Gasteiger partial charge in [0.05, 0.1) is 5.71 Å². The van der Waals surface area contributed by atoms with Crippen LogP contribution in [0.15, 0.2) is 54.0 Å². The van der Waals surface area contributed by atoms with E-state index in [0.29, 0.717) is 18.3 Å². The van der Waals surface area contributed by atoms with Gasteiger partial charge in [-0.25, -0.2) is 4.79 Å². The van der Waals surface area contributed by atoms with Crippen LogP contribution in [0.5, 0.6) is 5.75 Å². The number of benzene rings is 1. The molecule has 0 atom stereocenters. The summed E-state index contributed by atoms with van der Waals surface area (Å²) in [4.78, 5) is 21.0. The molecule has 0 aliphatic heterocycles. The number of allylic oxidation sites excluding steroid dienone is 1. The summed E-state index contributed by atoms with van der Waals surface area (Å²) < 4.78 is 5.50. The molecule has 32 heavy (non-hydrogen) atoms. The Kier molecular flexibility index (Phi) is 7.54. The first-order valence-corrected chi connectivity index (χ1v) is 11.5. The van der Waals surface area contributed by atoms with Gasteiger partial charge in [-0.3, -0.25) is 4.98 Å². The molecule has 2 aromatic rings. The highest BCUT2D eigenvalue weighted by molar-refractivity contribution is 6.01. The number of aliphatic carboxylic acids is 1. The smallest absolute Gasteiger partial charge is 0.341 e. The lowest BCUT2D eigenvalue weighted by molar-refractivity contribution is -0.139. The van der Waals surface area contributed by atoms with Crippen LogP contribution in [0.2, 0.25) is 0 Å². The molecule has 1 N–H and O–H groups in total. The van der Waals surface area contributed by atoms with Gasteiger partial charge in [0, 0.05) is 29.4 Å². The lowest BCUT2D eigenvalue weighted by Gasteiger charge is -2.23. The lowest BCUT2D eigenvalue weighted by atomic mass is 9.84. The van der Waals surface area contributed by atoms with Crippen LogP contribution in [0, 0.1) is 5.92 Å². The maximum atomic E-state index is 10.9. The fraction of sp³-hybridized carbons (Fsp3) is 0.423. The monoisotopic (exact) mass is 434 g/mol. The van der Waals surface area contributed by atoms with Crippen LogP contribution in [-0.4, -0.2) is 35.0 Å². The van der Waals surface area contributed by atoms with Crippen LogP contribution in [0.4, 0.5) is 0 Å². The Morgan fingerprint density at radius 2 is 2.00 bits per heavy atom. The Morgan fingerprint density at radius 1 is 1.12 bits per heavy atom. The number of carboxylic acids is 1. The number of aromatic nitrogens is 1. The molecule has 0 amide bonds. The first kappa shape index (κ1) is 22.1. The maximum absolute atomic E-state index is 10.9. The summed E-state index contributed by atoms with van der Waals surface area (Å²) in [6, 6.07) is 9.82. The second-order valence-electron chi connectivity index (χ2n) is 8.40. The van der Waals surface area contributed by atoms with E-state index in [1.54, 1.807) is 6.20 Å². The molecule has 1 fully saturated rings. The minimum atomic E-state index is -0.970. The number of carbonyl (C=O) groups is 1. The zero-order valence-electron chi connectivity index (χ0n) is 18.3. The van der Waals surface area contributed by atoms with Gasteiger partial charge in [-0.1, -0.05) is 36.6 Å². The zero-order valence-corrected chi connectivity index (χ0v) is 18.3. The summed E-state index contributed by atoms with van der Waals surface area (Å²) in [6.45, 7) is 0.0665. The van der Waals surface area contributed by atoms with Crippen molar-refractivity contribution >= 4 is 17.3 Å². The molecule has 1 aromatic carbocycles. The molecule has 1 heterocycles. The van der Waals surface area contributed by atoms with Crippen LogP contribution >= 0.6 is 0 Å². The predicted octanol–water partition coefficient (Wildman–Crippen LogP) is 5.27. The van der Waals surface area contributed by atoms with E-state index in [1.165, 1.54) is 24.8 Å². The van der Waals surface area contributed by atoms with Crippen molar-refractivity contribution in [2.75, 3.05) is 13.2 Å². The first-order valence-electron chi connectivity index (χ1n) is 11.5. The van der Waals surface area contributed by atoms with Gasteiger partial charge in [0.25, 0.3) is 0 Å². The summed E-state index contributed by atoms with van der Waals surface area (Å²) in [6.07, 6.45) is 14.6. The Morgan fingerprint density at radius 3 is 2.78 bits per heavy atom. The molecule has 0 bridgehead atoms. The predicted molar refractivity (Wildman–Crippen MR) is 124 cm³/mol. The highest BCUT2D eigenvalue weighted by Gasteiger charge is 2.22. The van der Waals surface area contributed by atoms with Crippen molar-refractivity contribution in [2.24, 2.45) is 11.1 Å². The fourth-order valence-corrected chi connectivity index (χ4v) is 4.70. The summed E-state index contributed by atoms with van der Waals surface area (Å²) in [7, 11) is 0. The molecule has 4 rings (SSSR count). The van der Waals surface area contributed by atoms with Gasteiger partial charge in [0.1, 0.15) is 12.4 Å². The third-order valence-electron chi connectivity index (χ3n) is 6.22. The third-order valence-corrected chi connectivity index (χ3v) is 6.22. The minimum absolute atomic E-state index is 0.328. The van der Waals surface area contributed by atoms with Crippen LogP contribution < -0.4 is 4.74 Å². The SMILES string of the molecule is O=C(O)COc1cccc2c1CCCC2=CCON=C(c1cccnc1)C1CCCCC1. The number of oxime groups is 1. The van der Waals surface area contributed by atoms with E-state index in [0.717, 1.165) is 54.5 Å². The number of carboxylic acid groups (broad SMARTS) is 1. The minimum Gasteiger partial charge on any atom is -0.482 e. The number of fused-ring (bicyclic) bond motifs is 1. The molecule has 6 nitrogen and oxygen atoms in total. The van der Waals surface area contributed by atoms with Crippen molar-refractivity contribution in [3.05, 3.63) is 65.5 Å². The van der Waals surface area contributed by atoms with E-state index in [9.17, 15) is 4.79 Å². The zero-order chi connectivity index (χ0) is 22.2. The largest absolute Gasteiger partial charge is 0.482 e. The number of hydrogen-bond acceptors (Lipinski definition) is 5. The lowest BCUT2D eigenvalue weighted by Crippen LogP contribution is -2.19. The maximum Gasteiger partial charge on any atom is 0.341 e. The normalized spacial score (nSPS) is 18.2. The van der Waals surface area contributed by atoms with Crippen molar-refractivity contribution in [2.45, 2.75) is 51.4 Å². The van der Waals surface area contributed by atoms with E-state index in [-0.39, 0.29) is 6.61 Å². The highest BCUT2D eigenvalue weighted by atomic mass is 16.6. The van der Waals surface area contributed by atoms with Crippen molar-refractivity contribution in [3.63, 3.8) is 0 Å². The molecule has 6 heteroatoms. The molecule has 0 spiro atoms. The van der Waals surface area contributed by atoms with Gasteiger partial charge in [-0.2, -0.15) is 0 Å². The van der Waals surface area contributed by atoms with Crippen molar-refractivity contribution in [1.82, 2.24) is 4.98 Å². The molecule has 1 saturated carbocycles. The van der Waals surface area contributed by atoms with E-state index < -0.39 is 5.97 Å². The van der Waals surface area contributed by atoms with E-state index >= 15 is 0 Å². The molecule has 2 aliphatic carbocycles. The van der Waals surface area contributed by atoms with Crippen LogP contribution in [0.3, 0.4) is 0 Å². The molecular weight excluding hydrogens is 404 g/mol. The van der Waals surface area contributed by atoms with Gasteiger partial charge >= 0.3 is 5.97 Å². The number of ether oxygens (including phenoxy) is 1. The van der Waals surface area contributed by atoms with Gasteiger partial charge in [-0.15, -0.1) is 0 Å². The molecule has 168 valence electrons. The Balaban J connectivity index is 1.48. The summed E-state index contributed by atoms with van der Waals surface area (Å²) in [5.74, 6) is 0.110. The van der Waals surface area contributed by atoms with Crippen LogP contribution in [0.1, 0.15) is 61.6 Å². The van der Waals surface area contributed by atoms with Gasteiger partial charge < -0.3 is 14.7 Å². The Bertz CT molecular complexity index is 979. The average molecular weight is 435 g/mol. The molecule has 2 aliphatic rings. The molecule has 0 saturated heterocycles. The molecule has 1 aromatic heterocycles. The summed E-state index contributed by atoms with van der Waals surface area (Å²) in [5, 5.41) is 13.5. The van der Waals surface area contributed by atoms with Crippen LogP contribution in [0.25, 0.3) is 5.57 Å².